The number of halogens is 6. The highest BCUT2D eigenvalue weighted by Crippen LogP contribution is 2.41. The predicted molar refractivity (Wildman–Crippen MR) is 35.1 cm³/mol. The summed E-state index contributed by atoms with van der Waals surface area (Å²) in [6.07, 6.45) is 0. The first-order chi connectivity index (χ1) is 4.15. The summed E-state index contributed by atoms with van der Waals surface area (Å²) in [4.78, 5) is 0. The SMILES string of the molecule is FC(F)(P)C(Cl)C(F)(F)Cl. The molecule has 0 saturated carbocycles. The minimum atomic E-state index is -4.09. The van der Waals surface area contributed by atoms with Crippen LogP contribution in [0.2, 0.25) is 0 Å². The fraction of sp³-hybridized carbons (Fsp3) is 1.00. The molecular formula is C3H3Cl2F4P. The molecule has 0 aliphatic rings. The van der Waals surface area contributed by atoms with Gasteiger partial charge in [-0.05, 0) is 11.6 Å². The summed E-state index contributed by atoms with van der Waals surface area (Å²) in [5, 5.41) is -6.79. The molecule has 0 aromatic rings. The van der Waals surface area contributed by atoms with Crippen molar-refractivity contribution in [2.75, 3.05) is 0 Å². The molecule has 10 heavy (non-hydrogen) atoms. The molecule has 0 heterocycles. The molecule has 2 atom stereocenters. The molecule has 0 aromatic carbocycles. The van der Waals surface area contributed by atoms with Gasteiger partial charge in [0.25, 0.3) is 5.66 Å². The molecule has 0 aliphatic carbocycles. The van der Waals surface area contributed by atoms with Crippen LogP contribution in [0.15, 0.2) is 0 Å². The quantitative estimate of drug-likeness (QED) is 0.379. The number of hydrogen-bond acceptors (Lipinski definition) is 0. The first kappa shape index (κ1) is 10.7. The largest absolute Gasteiger partial charge is 0.344 e. The van der Waals surface area contributed by atoms with Crippen LogP contribution in [-0.2, 0) is 0 Å². The molecule has 0 nitrogen and oxygen atoms in total. The highest BCUT2D eigenvalue weighted by Gasteiger charge is 2.49. The van der Waals surface area contributed by atoms with Crippen LogP contribution in [0.4, 0.5) is 17.6 Å². The van der Waals surface area contributed by atoms with Crippen molar-refractivity contribution in [2.45, 2.75) is 16.4 Å². The van der Waals surface area contributed by atoms with E-state index in [1.54, 1.807) is 0 Å². The van der Waals surface area contributed by atoms with Crippen LogP contribution in [0.1, 0.15) is 0 Å². The molecule has 0 bridgehead atoms. The zero-order chi connectivity index (χ0) is 8.58. The summed E-state index contributed by atoms with van der Waals surface area (Å²) >= 11 is 8.79. The molecule has 0 fully saturated rings. The maximum atomic E-state index is 11.9. The Morgan fingerprint density at radius 1 is 1.20 bits per heavy atom. The van der Waals surface area contributed by atoms with Gasteiger partial charge in [-0.3, -0.25) is 0 Å². The first-order valence-electron chi connectivity index (χ1n) is 2.03. The summed E-state index contributed by atoms with van der Waals surface area (Å²) in [7, 11) is 0.888. The highest BCUT2D eigenvalue weighted by molar-refractivity contribution is 7.18. The van der Waals surface area contributed by atoms with Crippen LogP contribution in [0.5, 0.6) is 0 Å². The van der Waals surface area contributed by atoms with E-state index in [0.717, 1.165) is 9.24 Å². The van der Waals surface area contributed by atoms with Crippen LogP contribution < -0.4 is 0 Å². The van der Waals surface area contributed by atoms with Crippen molar-refractivity contribution in [3.8, 4) is 0 Å². The molecule has 0 aromatic heterocycles. The molecule has 0 amide bonds. The van der Waals surface area contributed by atoms with Crippen LogP contribution in [-0.4, -0.2) is 16.4 Å². The average Bonchev–Trinajstić information content (AvgIpc) is 1.59. The van der Waals surface area contributed by atoms with E-state index in [2.05, 4.69) is 23.2 Å². The van der Waals surface area contributed by atoms with Gasteiger partial charge in [0.15, 0.2) is 5.38 Å². The number of hydrogen-bond donors (Lipinski definition) is 0. The molecule has 0 saturated heterocycles. The summed E-state index contributed by atoms with van der Waals surface area (Å²) in [6.45, 7) is 0. The van der Waals surface area contributed by atoms with Crippen molar-refractivity contribution in [3.63, 3.8) is 0 Å². The van der Waals surface area contributed by atoms with Crippen molar-refractivity contribution < 1.29 is 17.6 Å². The summed E-state index contributed by atoms with van der Waals surface area (Å²) in [6, 6.07) is 0. The predicted octanol–water partition coefficient (Wildman–Crippen LogP) is 2.89. The third-order valence-corrected chi connectivity index (χ3v) is 2.06. The monoisotopic (exact) mass is 216 g/mol. The van der Waals surface area contributed by atoms with Crippen molar-refractivity contribution in [3.05, 3.63) is 0 Å². The van der Waals surface area contributed by atoms with E-state index in [-0.39, 0.29) is 0 Å². The minimum Gasteiger partial charge on any atom is -0.200 e. The van der Waals surface area contributed by atoms with Gasteiger partial charge in [0.1, 0.15) is 0 Å². The van der Waals surface area contributed by atoms with Crippen molar-refractivity contribution in [1.29, 1.82) is 0 Å². The zero-order valence-electron chi connectivity index (χ0n) is 4.42. The molecule has 2 unspecified atom stereocenters. The fourth-order valence-corrected chi connectivity index (χ4v) is 0.679. The lowest BCUT2D eigenvalue weighted by Gasteiger charge is -2.20. The van der Waals surface area contributed by atoms with Crippen molar-refractivity contribution in [1.82, 2.24) is 0 Å². The van der Waals surface area contributed by atoms with Gasteiger partial charge < -0.3 is 0 Å². The lowest BCUT2D eigenvalue weighted by atomic mass is 10.4. The van der Waals surface area contributed by atoms with Gasteiger partial charge in [0, 0.05) is 0 Å². The fourth-order valence-electron chi connectivity index (χ4n) is 0.218. The van der Waals surface area contributed by atoms with E-state index in [9.17, 15) is 17.6 Å². The summed E-state index contributed by atoms with van der Waals surface area (Å²) < 4.78 is 47.3. The van der Waals surface area contributed by atoms with Gasteiger partial charge >= 0.3 is 5.38 Å². The first-order valence-corrected chi connectivity index (χ1v) is 3.42. The Balaban J connectivity index is 4.23. The highest BCUT2D eigenvalue weighted by atomic mass is 35.5. The van der Waals surface area contributed by atoms with Gasteiger partial charge in [-0.15, -0.1) is 11.6 Å². The van der Waals surface area contributed by atoms with Crippen molar-refractivity contribution >= 4 is 32.4 Å². The Kier molecular flexibility index (Phi) is 3.22. The van der Waals surface area contributed by atoms with E-state index >= 15 is 0 Å². The topological polar surface area (TPSA) is 0 Å². The third-order valence-electron chi connectivity index (χ3n) is 0.625. The van der Waals surface area contributed by atoms with E-state index in [4.69, 9.17) is 0 Å². The maximum Gasteiger partial charge on any atom is 0.344 e. The third kappa shape index (κ3) is 3.22. The smallest absolute Gasteiger partial charge is 0.200 e. The number of alkyl halides is 6. The molecule has 7 heteroatoms. The Morgan fingerprint density at radius 3 is 1.50 bits per heavy atom. The summed E-state index contributed by atoms with van der Waals surface area (Å²) in [5.74, 6) is 0. The Bertz CT molecular complexity index is 103. The normalized spacial score (nSPS) is 17.1. The Hall–Kier alpha value is 0.730. The second kappa shape index (κ2) is 3.00. The van der Waals surface area contributed by atoms with Crippen LogP contribution in [0, 0.1) is 0 Å². The average molecular weight is 217 g/mol. The van der Waals surface area contributed by atoms with Gasteiger partial charge in [0.2, 0.25) is 0 Å². The molecule has 62 valence electrons. The van der Waals surface area contributed by atoms with E-state index in [1.807, 2.05) is 0 Å². The molecule has 0 N–H and O–H groups in total. The minimum absolute atomic E-state index is 0.888. The number of rotatable bonds is 2. The van der Waals surface area contributed by atoms with Crippen LogP contribution in [0.3, 0.4) is 0 Å². The lowest BCUT2D eigenvalue weighted by Crippen LogP contribution is -2.35. The molecule has 0 rings (SSSR count). The molecular weight excluding hydrogens is 214 g/mol. The second-order valence-electron chi connectivity index (χ2n) is 1.58. The van der Waals surface area contributed by atoms with E-state index in [0.29, 0.717) is 0 Å². The van der Waals surface area contributed by atoms with Crippen LogP contribution in [0.25, 0.3) is 0 Å². The standard InChI is InChI=1S/C3H3Cl2F4P/c4-1(2(5,6)7)3(8,9)10/h1H,10H2. The maximum absolute atomic E-state index is 11.9. The molecule has 0 spiro atoms. The van der Waals surface area contributed by atoms with Gasteiger partial charge in [-0.25, -0.2) is 8.78 Å². The van der Waals surface area contributed by atoms with E-state index < -0.39 is 16.4 Å². The Labute approximate surface area is 67.1 Å². The Morgan fingerprint density at radius 2 is 1.50 bits per heavy atom. The summed E-state index contributed by atoms with van der Waals surface area (Å²) in [5.41, 5.74) is -3.76. The lowest BCUT2D eigenvalue weighted by molar-refractivity contribution is -0.00245. The van der Waals surface area contributed by atoms with E-state index in [1.165, 1.54) is 0 Å². The molecule has 0 radical (unpaired) electrons. The van der Waals surface area contributed by atoms with Gasteiger partial charge in [0.05, 0.1) is 0 Å². The van der Waals surface area contributed by atoms with Crippen LogP contribution >= 0.6 is 32.4 Å². The van der Waals surface area contributed by atoms with Gasteiger partial charge in [-0.1, -0.05) is 9.24 Å². The second-order valence-corrected chi connectivity index (χ2v) is 3.29. The molecule has 0 aliphatic heterocycles. The van der Waals surface area contributed by atoms with Crippen molar-refractivity contribution in [2.24, 2.45) is 0 Å². The zero-order valence-corrected chi connectivity index (χ0v) is 7.09. The van der Waals surface area contributed by atoms with Gasteiger partial charge in [-0.2, -0.15) is 8.78 Å².